The van der Waals surface area contributed by atoms with Crippen LogP contribution in [-0.4, -0.2) is 36.0 Å². The van der Waals surface area contributed by atoms with Crippen LogP contribution in [0, 0.1) is 17.8 Å². The summed E-state index contributed by atoms with van der Waals surface area (Å²) in [6, 6.07) is 6.91. The van der Waals surface area contributed by atoms with Crippen molar-refractivity contribution in [3.05, 3.63) is 41.6 Å². The molecule has 2 aliphatic carbocycles. The maximum Gasteiger partial charge on any atom is 0.416 e. The normalized spacial score (nSPS) is 25.1. The van der Waals surface area contributed by atoms with Crippen LogP contribution in [0.25, 0.3) is 0 Å². The SMILES string of the molecule is FCc1ccc(N2CC3CCC(C2)C3Oc2ccc(C(F)(F)F)cc2OCC2CC2)nn1. The Kier molecular flexibility index (Phi) is 5.59. The molecular weight excluding hydrogens is 426 g/mol. The zero-order chi connectivity index (χ0) is 22.3. The summed E-state index contributed by atoms with van der Waals surface area (Å²) in [5.74, 6) is 2.11. The summed E-state index contributed by atoms with van der Waals surface area (Å²) in [5.41, 5.74) is -0.431. The molecule has 1 aliphatic heterocycles. The van der Waals surface area contributed by atoms with Gasteiger partial charge in [-0.1, -0.05) is 0 Å². The Morgan fingerprint density at radius 3 is 2.28 bits per heavy atom. The van der Waals surface area contributed by atoms with Gasteiger partial charge in [-0.15, -0.1) is 5.10 Å². The van der Waals surface area contributed by atoms with Crippen LogP contribution in [0.2, 0.25) is 0 Å². The molecule has 0 spiro atoms. The van der Waals surface area contributed by atoms with Crippen LogP contribution in [0.3, 0.4) is 0 Å². The molecule has 1 aromatic carbocycles. The maximum absolute atomic E-state index is 13.2. The van der Waals surface area contributed by atoms with Gasteiger partial charge in [-0.3, -0.25) is 0 Å². The van der Waals surface area contributed by atoms with Crippen LogP contribution < -0.4 is 14.4 Å². The van der Waals surface area contributed by atoms with Gasteiger partial charge < -0.3 is 14.4 Å². The Hall–Kier alpha value is -2.58. The van der Waals surface area contributed by atoms with E-state index in [2.05, 4.69) is 15.1 Å². The van der Waals surface area contributed by atoms with Gasteiger partial charge >= 0.3 is 6.18 Å². The minimum Gasteiger partial charge on any atom is -0.489 e. The number of rotatable bonds is 7. The molecule has 2 aromatic rings. The van der Waals surface area contributed by atoms with E-state index in [0.717, 1.165) is 37.8 Å². The molecule has 2 unspecified atom stereocenters. The maximum atomic E-state index is 13.2. The van der Waals surface area contributed by atoms with Gasteiger partial charge in [0.2, 0.25) is 0 Å². The van der Waals surface area contributed by atoms with Gasteiger partial charge in [0.25, 0.3) is 0 Å². The molecule has 1 saturated heterocycles. The standard InChI is InChI=1S/C23H25F4N3O2/c24-10-18-6-8-21(29-28-18)30-11-15-3-4-16(12-30)22(15)32-19-7-5-17(23(25,26)27)9-20(19)31-13-14-1-2-14/h5-9,14-16,22H,1-4,10-13H2. The molecule has 0 amide bonds. The van der Waals surface area contributed by atoms with Crippen LogP contribution in [0.15, 0.2) is 30.3 Å². The minimum atomic E-state index is -4.43. The Morgan fingerprint density at radius 2 is 1.69 bits per heavy atom. The minimum absolute atomic E-state index is 0.0932. The van der Waals surface area contributed by atoms with Crippen molar-refractivity contribution < 1.29 is 27.0 Å². The zero-order valence-corrected chi connectivity index (χ0v) is 17.5. The van der Waals surface area contributed by atoms with E-state index in [1.807, 2.05) is 0 Å². The topological polar surface area (TPSA) is 47.5 Å². The Balaban J connectivity index is 1.31. The number of hydrogen-bond acceptors (Lipinski definition) is 5. The molecule has 5 nitrogen and oxygen atoms in total. The lowest BCUT2D eigenvalue weighted by molar-refractivity contribution is -0.137. The third-order valence-electron chi connectivity index (χ3n) is 6.62. The number of aromatic nitrogens is 2. The lowest BCUT2D eigenvalue weighted by Crippen LogP contribution is -2.47. The lowest BCUT2D eigenvalue weighted by atomic mass is 9.94. The molecule has 3 aliphatic rings. The highest BCUT2D eigenvalue weighted by Crippen LogP contribution is 2.44. The monoisotopic (exact) mass is 451 g/mol. The van der Waals surface area contributed by atoms with Crippen LogP contribution in [0.1, 0.15) is 36.9 Å². The number of hydrogen-bond donors (Lipinski definition) is 0. The number of anilines is 1. The first-order valence-electron chi connectivity index (χ1n) is 11.0. The molecule has 2 atom stereocenters. The van der Waals surface area contributed by atoms with Gasteiger partial charge in [-0.05, 0) is 61.9 Å². The second-order valence-corrected chi connectivity index (χ2v) is 9.02. The predicted molar refractivity (Wildman–Crippen MR) is 109 cm³/mol. The van der Waals surface area contributed by atoms with Gasteiger partial charge in [0, 0.05) is 24.9 Å². The number of ether oxygens (including phenoxy) is 2. The van der Waals surface area contributed by atoms with E-state index in [1.54, 1.807) is 12.1 Å². The summed E-state index contributed by atoms with van der Waals surface area (Å²) >= 11 is 0. The summed E-state index contributed by atoms with van der Waals surface area (Å²) in [6.45, 7) is 1.19. The molecule has 5 rings (SSSR count). The van der Waals surface area contributed by atoms with Crippen LogP contribution >= 0.6 is 0 Å². The smallest absolute Gasteiger partial charge is 0.416 e. The van der Waals surface area contributed by atoms with Gasteiger partial charge in [-0.25, -0.2) is 4.39 Å². The average Bonchev–Trinajstić information content (AvgIpc) is 3.58. The van der Waals surface area contributed by atoms with Gasteiger partial charge in [0.15, 0.2) is 17.3 Å². The Bertz CT molecular complexity index is 935. The highest BCUT2D eigenvalue weighted by molar-refractivity contribution is 5.45. The van der Waals surface area contributed by atoms with Crippen molar-refractivity contribution in [3.8, 4) is 11.5 Å². The molecule has 0 radical (unpaired) electrons. The average molecular weight is 451 g/mol. The predicted octanol–water partition coefficient (Wildman–Crippen LogP) is 5.05. The Morgan fingerprint density at radius 1 is 0.938 bits per heavy atom. The Labute approximate surface area is 183 Å². The van der Waals surface area contributed by atoms with Gasteiger partial charge in [0.1, 0.15) is 12.8 Å². The molecule has 0 N–H and O–H groups in total. The van der Waals surface area contributed by atoms with E-state index in [4.69, 9.17) is 9.47 Å². The molecule has 1 aromatic heterocycles. The third kappa shape index (κ3) is 4.47. The summed E-state index contributed by atoms with van der Waals surface area (Å²) in [4.78, 5) is 2.13. The molecular formula is C23H25F4N3O2. The van der Waals surface area contributed by atoms with Crippen molar-refractivity contribution in [2.24, 2.45) is 17.8 Å². The molecule has 2 bridgehead atoms. The fraction of sp³-hybridized carbons (Fsp3) is 0.565. The number of benzene rings is 1. The summed E-state index contributed by atoms with van der Waals surface area (Å²) in [5, 5.41) is 8.04. The second kappa shape index (κ2) is 8.41. The summed E-state index contributed by atoms with van der Waals surface area (Å²) in [7, 11) is 0. The molecule has 2 saturated carbocycles. The van der Waals surface area contributed by atoms with Crippen molar-refractivity contribution in [1.82, 2.24) is 10.2 Å². The largest absolute Gasteiger partial charge is 0.489 e. The van der Waals surface area contributed by atoms with E-state index in [0.29, 0.717) is 42.9 Å². The van der Waals surface area contributed by atoms with Crippen molar-refractivity contribution in [2.75, 3.05) is 24.6 Å². The first-order valence-corrected chi connectivity index (χ1v) is 11.0. The van der Waals surface area contributed by atoms with Crippen molar-refractivity contribution in [3.63, 3.8) is 0 Å². The first-order chi connectivity index (χ1) is 15.4. The van der Waals surface area contributed by atoms with Gasteiger partial charge in [0.05, 0.1) is 17.9 Å². The number of fused-ring (bicyclic) bond motifs is 2. The number of halogens is 4. The second-order valence-electron chi connectivity index (χ2n) is 9.02. The first kappa shape index (κ1) is 21.3. The fourth-order valence-electron chi connectivity index (χ4n) is 4.68. The van der Waals surface area contributed by atoms with Crippen molar-refractivity contribution >= 4 is 5.82 Å². The summed E-state index contributed by atoms with van der Waals surface area (Å²) < 4.78 is 64.4. The summed E-state index contributed by atoms with van der Waals surface area (Å²) in [6.07, 6.45) is -0.481. The third-order valence-corrected chi connectivity index (χ3v) is 6.62. The van der Waals surface area contributed by atoms with Crippen LogP contribution in [0.5, 0.6) is 11.5 Å². The molecule has 9 heteroatoms. The number of nitrogens with zero attached hydrogens (tertiary/aromatic N) is 3. The highest BCUT2D eigenvalue weighted by Gasteiger charge is 2.44. The van der Waals surface area contributed by atoms with E-state index < -0.39 is 18.4 Å². The zero-order valence-electron chi connectivity index (χ0n) is 17.5. The molecule has 2 heterocycles. The molecule has 172 valence electrons. The number of alkyl halides is 4. The number of piperidine rings is 1. The highest BCUT2D eigenvalue weighted by atomic mass is 19.4. The van der Waals surface area contributed by atoms with Crippen LogP contribution in [0.4, 0.5) is 23.4 Å². The molecule has 3 fully saturated rings. The quantitative estimate of drug-likeness (QED) is 0.552. The molecule has 32 heavy (non-hydrogen) atoms. The van der Waals surface area contributed by atoms with Crippen LogP contribution in [-0.2, 0) is 12.9 Å². The van der Waals surface area contributed by atoms with Crippen molar-refractivity contribution in [1.29, 1.82) is 0 Å². The van der Waals surface area contributed by atoms with E-state index in [9.17, 15) is 17.6 Å². The van der Waals surface area contributed by atoms with E-state index >= 15 is 0 Å². The van der Waals surface area contributed by atoms with Crippen molar-refractivity contribution in [2.45, 2.75) is 44.6 Å². The lowest BCUT2D eigenvalue weighted by Gasteiger charge is -2.38. The fourth-order valence-corrected chi connectivity index (χ4v) is 4.68. The van der Waals surface area contributed by atoms with Gasteiger partial charge in [-0.2, -0.15) is 18.3 Å². The van der Waals surface area contributed by atoms with E-state index in [1.165, 1.54) is 6.07 Å². The van der Waals surface area contributed by atoms with E-state index in [-0.39, 0.29) is 23.7 Å².